The molecule has 0 unspecified atom stereocenters. The standard InChI is InChI=1S/C11H11FN4O2/c1-18-9-4-6(2-3-7(9)12)15-11(17)10-8(13)5-14-16-10/h2-5H,13H2,1H3,(H,14,16)(H,15,17). The number of anilines is 2. The Morgan fingerprint density at radius 3 is 2.94 bits per heavy atom. The second kappa shape index (κ2) is 4.74. The Morgan fingerprint density at radius 2 is 2.33 bits per heavy atom. The molecule has 0 fully saturated rings. The molecule has 0 atom stereocenters. The molecular formula is C11H11FN4O2. The quantitative estimate of drug-likeness (QED) is 0.767. The number of H-pyrrole nitrogens is 1. The SMILES string of the molecule is COc1cc(NC(=O)c2[nH]ncc2N)ccc1F. The van der Waals surface area contributed by atoms with Crippen LogP contribution in [0.4, 0.5) is 15.8 Å². The third kappa shape index (κ3) is 2.24. The molecule has 0 radical (unpaired) electrons. The Kier molecular flexibility index (Phi) is 3.13. The summed E-state index contributed by atoms with van der Waals surface area (Å²) >= 11 is 0. The predicted molar refractivity (Wildman–Crippen MR) is 63.9 cm³/mol. The van der Waals surface area contributed by atoms with Crippen LogP contribution in [0.3, 0.4) is 0 Å². The van der Waals surface area contributed by atoms with E-state index in [2.05, 4.69) is 15.5 Å². The number of methoxy groups -OCH3 is 1. The third-order valence-corrected chi connectivity index (χ3v) is 2.30. The van der Waals surface area contributed by atoms with E-state index in [1.807, 2.05) is 0 Å². The first-order chi connectivity index (χ1) is 8.61. The Morgan fingerprint density at radius 1 is 1.56 bits per heavy atom. The van der Waals surface area contributed by atoms with Crippen LogP contribution in [-0.4, -0.2) is 23.2 Å². The second-order valence-corrected chi connectivity index (χ2v) is 3.50. The topological polar surface area (TPSA) is 93.0 Å². The van der Waals surface area contributed by atoms with Gasteiger partial charge in [-0.1, -0.05) is 0 Å². The highest BCUT2D eigenvalue weighted by molar-refractivity contribution is 6.06. The molecule has 6 nitrogen and oxygen atoms in total. The minimum atomic E-state index is -0.503. The zero-order valence-electron chi connectivity index (χ0n) is 9.53. The summed E-state index contributed by atoms with van der Waals surface area (Å²) in [6.07, 6.45) is 1.33. The van der Waals surface area contributed by atoms with Gasteiger partial charge in [0.2, 0.25) is 0 Å². The molecule has 0 spiro atoms. The van der Waals surface area contributed by atoms with Gasteiger partial charge in [0.05, 0.1) is 19.0 Å². The Hall–Kier alpha value is -2.57. The van der Waals surface area contributed by atoms with Crippen molar-refractivity contribution < 1.29 is 13.9 Å². The molecule has 1 heterocycles. The molecule has 0 bridgehead atoms. The van der Waals surface area contributed by atoms with E-state index in [0.717, 1.165) is 0 Å². The largest absolute Gasteiger partial charge is 0.494 e. The van der Waals surface area contributed by atoms with Gasteiger partial charge in [-0.2, -0.15) is 5.10 Å². The van der Waals surface area contributed by atoms with Crippen molar-refractivity contribution in [2.45, 2.75) is 0 Å². The van der Waals surface area contributed by atoms with Gasteiger partial charge in [-0.25, -0.2) is 4.39 Å². The fraction of sp³-hybridized carbons (Fsp3) is 0.0909. The van der Waals surface area contributed by atoms with Crippen molar-refractivity contribution in [3.63, 3.8) is 0 Å². The van der Waals surface area contributed by atoms with Gasteiger partial charge < -0.3 is 15.8 Å². The molecule has 0 saturated heterocycles. The van der Waals surface area contributed by atoms with Crippen LogP contribution in [0.15, 0.2) is 24.4 Å². The number of carbonyl (C=O) groups excluding carboxylic acids is 1. The maximum atomic E-state index is 13.2. The summed E-state index contributed by atoms with van der Waals surface area (Å²) in [5.74, 6) is -0.916. The Bertz CT molecular complexity index is 582. The first kappa shape index (κ1) is 11.9. The molecule has 1 aromatic carbocycles. The summed E-state index contributed by atoms with van der Waals surface area (Å²) in [7, 11) is 1.34. The zero-order chi connectivity index (χ0) is 13.1. The number of rotatable bonds is 3. The fourth-order valence-corrected chi connectivity index (χ4v) is 1.41. The molecule has 18 heavy (non-hydrogen) atoms. The maximum absolute atomic E-state index is 13.2. The highest BCUT2D eigenvalue weighted by atomic mass is 19.1. The minimum Gasteiger partial charge on any atom is -0.494 e. The van der Waals surface area contributed by atoms with Crippen molar-refractivity contribution in [3.8, 4) is 5.75 Å². The third-order valence-electron chi connectivity index (χ3n) is 2.30. The lowest BCUT2D eigenvalue weighted by Crippen LogP contribution is -2.14. The van der Waals surface area contributed by atoms with E-state index in [1.165, 1.54) is 31.5 Å². The van der Waals surface area contributed by atoms with E-state index in [0.29, 0.717) is 5.69 Å². The van der Waals surface area contributed by atoms with Crippen LogP contribution in [0, 0.1) is 5.82 Å². The second-order valence-electron chi connectivity index (χ2n) is 3.50. The number of nitrogens with zero attached hydrogens (tertiary/aromatic N) is 1. The van der Waals surface area contributed by atoms with Crippen LogP contribution in [0.5, 0.6) is 5.75 Å². The van der Waals surface area contributed by atoms with Gasteiger partial charge in [-0.15, -0.1) is 0 Å². The molecule has 94 valence electrons. The van der Waals surface area contributed by atoms with Crippen LogP contribution in [0.1, 0.15) is 10.5 Å². The summed E-state index contributed by atoms with van der Waals surface area (Å²) in [5.41, 5.74) is 6.32. The van der Waals surface area contributed by atoms with E-state index in [4.69, 9.17) is 10.5 Å². The average Bonchev–Trinajstić information content (AvgIpc) is 2.78. The number of benzene rings is 1. The van der Waals surface area contributed by atoms with E-state index < -0.39 is 11.7 Å². The smallest absolute Gasteiger partial charge is 0.275 e. The lowest BCUT2D eigenvalue weighted by molar-refractivity contribution is 0.102. The van der Waals surface area contributed by atoms with Crippen molar-refractivity contribution in [1.82, 2.24) is 10.2 Å². The molecular weight excluding hydrogens is 239 g/mol. The maximum Gasteiger partial charge on any atom is 0.275 e. The van der Waals surface area contributed by atoms with Crippen molar-refractivity contribution >= 4 is 17.3 Å². The summed E-state index contributed by atoms with van der Waals surface area (Å²) in [5, 5.41) is 8.66. The van der Waals surface area contributed by atoms with Gasteiger partial charge in [0.1, 0.15) is 5.69 Å². The number of carbonyl (C=O) groups is 1. The van der Waals surface area contributed by atoms with Gasteiger partial charge in [0, 0.05) is 11.8 Å². The summed E-state index contributed by atoms with van der Waals surface area (Å²) in [4.78, 5) is 11.8. The van der Waals surface area contributed by atoms with Crippen molar-refractivity contribution in [1.29, 1.82) is 0 Å². The molecule has 1 amide bonds. The molecule has 1 aromatic heterocycles. The number of hydrogen-bond donors (Lipinski definition) is 3. The first-order valence-electron chi connectivity index (χ1n) is 5.05. The minimum absolute atomic E-state index is 0.0467. The molecule has 7 heteroatoms. The van der Waals surface area contributed by atoms with Crippen LogP contribution in [0.25, 0.3) is 0 Å². The summed E-state index contributed by atoms with van der Waals surface area (Å²) in [6.45, 7) is 0. The van der Waals surface area contributed by atoms with Gasteiger partial charge in [-0.3, -0.25) is 9.89 Å². The van der Waals surface area contributed by atoms with E-state index in [-0.39, 0.29) is 17.1 Å². The van der Waals surface area contributed by atoms with Crippen molar-refractivity contribution in [3.05, 3.63) is 35.9 Å². The fourth-order valence-electron chi connectivity index (χ4n) is 1.41. The summed E-state index contributed by atoms with van der Waals surface area (Å²) in [6, 6.07) is 3.99. The molecule has 0 aliphatic carbocycles. The highest BCUT2D eigenvalue weighted by Gasteiger charge is 2.12. The Labute approximate surface area is 102 Å². The van der Waals surface area contributed by atoms with E-state index in [1.54, 1.807) is 0 Å². The lowest BCUT2D eigenvalue weighted by Gasteiger charge is -2.07. The number of nitrogen functional groups attached to an aromatic ring is 1. The number of halogens is 1. The van der Waals surface area contributed by atoms with Crippen LogP contribution < -0.4 is 15.8 Å². The number of amides is 1. The van der Waals surface area contributed by atoms with Gasteiger partial charge >= 0.3 is 0 Å². The van der Waals surface area contributed by atoms with Gasteiger partial charge in [0.25, 0.3) is 5.91 Å². The summed E-state index contributed by atoms with van der Waals surface area (Å²) < 4.78 is 18.0. The van der Waals surface area contributed by atoms with E-state index >= 15 is 0 Å². The zero-order valence-corrected chi connectivity index (χ0v) is 9.53. The first-order valence-corrected chi connectivity index (χ1v) is 5.05. The van der Waals surface area contributed by atoms with Crippen LogP contribution in [-0.2, 0) is 0 Å². The van der Waals surface area contributed by atoms with Crippen molar-refractivity contribution in [2.24, 2.45) is 0 Å². The number of nitrogens with two attached hydrogens (primary N) is 1. The highest BCUT2D eigenvalue weighted by Crippen LogP contribution is 2.22. The molecule has 2 rings (SSSR count). The lowest BCUT2D eigenvalue weighted by atomic mass is 10.2. The van der Waals surface area contributed by atoms with Crippen LogP contribution >= 0.6 is 0 Å². The monoisotopic (exact) mass is 250 g/mol. The molecule has 0 aliphatic heterocycles. The number of nitrogens with one attached hydrogen (secondary N) is 2. The molecule has 0 saturated carbocycles. The Balaban J connectivity index is 2.20. The number of aromatic nitrogens is 2. The number of hydrogen-bond acceptors (Lipinski definition) is 4. The van der Waals surface area contributed by atoms with Crippen molar-refractivity contribution in [2.75, 3.05) is 18.2 Å². The molecule has 4 N–H and O–H groups in total. The molecule has 0 aliphatic rings. The van der Waals surface area contributed by atoms with Gasteiger partial charge in [-0.05, 0) is 12.1 Å². The predicted octanol–water partition coefficient (Wildman–Crippen LogP) is 1.39. The van der Waals surface area contributed by atoms with Gasteiger partial charge in [0.15, 0.2) is 11.6 Å². The van der Waals surface area contributed by atoms with E-state index in [9.17, 15) is 9.18 Å². The van der Waals surface area contributed by atoms with Crippen LogP contribution in [0.2, 0.25) is 0 Å². The number of aromatic amines is 1. The normalized spacial score (nSPS) is 10.1. The number of ether oxygens (including phenoxy) is 1. The average molecular weight is 250 g/mol. The molecule has 2 aromatic rings.